The molecule has 2 rings (SSSR count). The third kappa shape index (κ3) is 3.07. The lowest BCUT2D eigenvalue weighted by Gasteiger charge is -2.52. The van der Waals surface area contributed by atoms with Gasteiger partial charge in [0.05, 0.1) is 18.1 Å². The Hall–Kier alpha value is -0.870. The first-order valence-corrected chi connectivity index (χ1v) is 7.63. The van der Waals surface area contributed by atoms with Crippen LogP contribution < -0.4 is 5.32 Å². The van der Waals surface area contributed by atoms with E-state index in [2.05, 4.69) is 56.4 Å². The van der Waals surface area contributed by atoms with E-state index in [-0.39, 0.29) is 11.0 Å². The number of hydrogen-bond donors (Lipinski definition) is 1. The molecule has 4 nitrogen and oxygen atoms in total. The molecule has 20 heavy (non-hydrogen) atoms. The van der Waals surface area contributed by atoms with E-state index in [1.165, 1.54) is 5.69 Å². The minimum Gasteiger partial charge on any atom is -0.378 e. The zero-order chi connectivity index (χ0) is 15.0. The van der Waals surface area contributed by atoms with E-state index in [1.54, 1.807) is 0 Å². The Balaban J connectivity index is 2.06. The molecule has 1 aromatic heterocycles. The van der Waals surface area contributed by atoms with Crippen LogP contribution in [0.5, 0.6) is 0 Å². The van der Waals surface area contributed by atoms with Gasteiger partial charge >= 0.3 is 0 Å². The summed E-state index contributed by atoms with van der Waals surface area (Å²) in [5, 5.41) is 3.54. The lowest BCUT2D eigenvalue weighted by atomic mass is 9.64. The highest BCUT2D eigenvalue weighted by Crippen LogP contribution is 2.51. The standard InChI is InChI=1S/C16H29N3O/c1-7-20-14-8-13(16(14,5)6)19-11-17-9-12(19)10-18-15(2,3)4/h9,11,13-14,18H,7-8,10H2,1-6H3. The molecule has 114 valence electrons. The van der Waals surface area contributed by atoms with Gasteiger partial charge in [0.1, 0.15) is 0 Å². The Morgan fingerprint density at radius 2 is 2.15 bits per heavy atom. The molecule has 1 fully saturated rings. The molecule has 4 heteroatoms. The number of nitrogens with one attached hydrogen (secondary N) is 1. The summed E-state index contributed by atoms with van der Waals surface area (Å²) in [5.41, 5.74) is 1.55. The summed E-state index contributed by atoms with van der Waals surface area (Å²) >= 11 is 0. The zero-order valence-electron chi connectivity index (χ0n) is 13.7. The Morgan fingerprint density at radius 3 is 2.70 bits per heavy atom. The Bertz CT molecular complexity index is 445. The van der Waals surface area contributed by atoms with Crippen LogP contribution in [-0.4, -0.2) is 27.8 Å². The Labute approximate surface area is 122 Å². The molecule has 0 aromatic carbocycles. The second kappa shape index (κ2) is 5.49. The molecule has 1 aliphatic carbocycles. The van der Waals surface area contributed by atoms with Crippen molar-refractivity contribution in [1.82, 2.24) is 14.9 Å². The van der Waals surface area contributed by atoms with E-state index in [0.29, 0.717) is 12.1 Å². The second-order valence-electron chi connectivity index (χ2n) is 7.41. The minimum absolute atomic E-state index is 0.123. The molecule has 1 heterocycles. The molecule has 1 aliphatic rings. The van der Waals surface area contributed by atoms with Crippen molar-refractivity contribution < 1.29 is 4.74 Å². The first-order valence-electron chi connectivity index (χ1n) is 7.63. The summed E-state index contributed by atoms with van der Waals surface area (Å²) in [6.45, 7) is 14.9. The van der Waals surface area contributed by atoms with Gasteiger partial charge in [0.25, 0.3) is 0 Å². The van der Waals surface area contributed by atoms with E-state index >= 15 is 0 Å². The zero-order valence-corrected chi connectivity index (χ0v) is 13.7. The molecular weight excluding hydrogens is 250 g/mol. The molecule has 0 bridgehead atoms. The summed E-state index contributed by atoms with van der Waals surface area (Å²) in [6.07, 6.45) is 5.39. The molecule has 1 N–H and O–H groups in total. The van der Waals surface area contributed by atoms with Gasteiger partial charge in [-0.15, -0.1) is 0 Å². The summed E-state index contributed by atoms with van der Waals surface area (Å²) in [7, 11) is 0. The molecule has 0 radical (unpaired) electrons. The summed E-state index contributed by atoms with van der Waals surface area (Å²) in [4.78, 5) is 4.34. The van der Waals surface area contributed by atoms with E-state index < -0.39 is 0 Å². The summed E-state index contributed by atoms with van der Waals surface area (Å²) in [6, 6.07) is 0.485. The topological polar surface area (TPSA) is 39.1 Å². The van der Waals surface area contributed by atoms with Gasteiger partial charge in [-0.3, -0.25) is 0 Å². The average Bonchev–Trinajstić information content (AvgIpc) is 2.78. The van der Waals surface area contributed by atoms with Crippen LogP contribution in [-0.2, 0) is 11.3 Å². The molecule has 0 amide bonds. The van der Waals surface area contributed by atoms with Crippen LogP contribution in [0.25, 0.3) is 0 Å². The Kier molecular flexibility index (Phi) is 4.26. The quantitative estimate of drug-likeness (QED) is 0.900. The largest absolute Gasteiger partial charge is 0.378 e. The van der Waals surface area contributed by atoms with E-state index in [4.69, 9.17) is 4.74 Å². The average molecular weight is 279 g/mol. The number of hydrogen-bond acceptors (Lipinski definition) is 3. The van der Waals surface area contributed by atoms with Crippen molar-refractivity contribution >= 4 is 0 Å². The third-order valence-electron chi connectivity index (χ3n) is 4.38. The maximum Gasteiger partial charge on any atom is 0.0951 e. The van der Waals surface area contributed by atoms with Gasteiger partial charge in [0.15, 0.2) is 0 Å². The highest BCUT2D eigenvalue weighted by Gasteiger charge is 2.50. The highest BCUT2D eigenvalue weighted by molar-refractivity contribution is 5.09. The lowest BCUT2D eigenvalue weighted by Crippen LogP contribution is -2.51. The van der Waals surface area contributed by atoms with Crippen LogP contribution in [0.3, 0.4) is 0 Å². The Morgan fingerprint density at radius 1 is 1.45 bits per heavy atom. The number of aromatic nitrogens is 2. The lowest BCUT2D eigenvalue weighted by molar-refractivity contribution is -0.128. The predicted octanol–water partition coefficient (Wildman–Crippen LogP) is 3.15. The van der Waals surface area contributed by atoms with Crippen molar-refractivity contribution in [2.75, 3.05) is 6.61 Å². The molecule has 1 saturated carbocycles. The highest BCUT2D eigenvalue weighted by atomic mass is 16.5. The van der Waals surface area contributed by atoms with Gasteiger partial charge in [0, 0.05) is 36.3 Å². The van der Waals surface area contributed by atoms with Gasteiger partial charge < -0.3 is 14.6 Å². The minimum atomic E-state index is 0.123. The summed E-state index contributed by atoms with van der Waals surface area (Å²) < 4.78 is 8.15. The van der Waals surface area contributed by atoms with Crippen LogP contribution in [0.1, 0.15) is 59.7 Å². The van der Waals surface area contributed by atoms with Crippen molar-refractivity contribution in [2.45, 2.75) is 72.2 Å². The first-order chi connectivity index (χ1) is 9.25. The fourth-order valence-corrected chi connectivity index (χ4v) is 2.93. The van der Waals surface area contributed by atoms with Gasteiger partial charge in [-0.25, -0.2) is 4.98 Å². The van der Waals surface area contributed by atoms with Crippen LogP contribution in [0.4, 0.5) is 0 Å². The maximum absolute atomic E-state index is 5.83. The predicted molar refractivity (Wildman–Crippen MR) is 81.7 cm³/mol. The fraction of sp³-hybridized carbons (Fsp3) is 0.812. The molecule has 0 saturated heterocycles. The van der Waals surface area contributed by atoms with E-state index in [9.17, 15) is 0 Å². The van der Waals surface area contributed by atoms with Gasteiger partial charge in [0.2, 0.25) is 0 Å². The van der Waals surface area contributed by atoms with Crippen molar-refractivity contribution in [1.29, 1.82) is 0 Å². The van der Waals surface area contributed by atoms with Gasteiger partial charge in [-0.2, -0.15) is 0 Å². The molecule has 2 unspecified atom stereocenters. The van der Waals surface area contributed by atoms with E-state index in [0.717, 1.165) is 19.6 Å². The first kappa shape index (κ1) is 15.5. The SMILES string of the molecule is CCOC1CC(n2cncc2CNC(C)(C)C)C1(C)C. The number of rotatable bonds is 5. The van der Waals surface area contributed by atoms with Crippen molar-refractivity contribution in [3.05, 3.63) is 18.2 Å². The van der Waals surface area contributed by atoms with Gasteiger partial charge in [-0.05, 0) is 34.1 Å². The van der Waals surface area contributed by atoms with Crippen LogP contribution in [0, 0.1) is 5.41 Å². The van der Waals surface area contributed by atoms with Crippen molar-refractivity contribution in [2.24, 2.45) is 5.41 Å². The molecular formula is C16H29N3O. The second-order valence-corrected chi connectivity index (χ2v) is 7.41. The normalized spacial score (nSPS) is 25.5. The van der Waals surface area contributed by atoms with Crippen molar-refractivity contribution in [3.8, 4) is 0 Å². The number of imidazole rings is 1. The number of nitrogens with zero attached hydrogens (tertiary/aromatic N) is 2. The summed E-state index contributed by atoms with van der Waals surface area (Å²) in [5.74, 6) is 0. The fourth-order valence-electron chi connectivity index (χ4n) is 2.93. The molecule has 1 aromatic rings. The molecule has 2 atom stereocenters. The molecule has 0 spiro atoms. The van der Waals surface area contributed by atoms with Crippen LogP contribution >= 0.6 is 0 Å². The van der Waals surface area contributed by atoms with Crippen LogP contribution in [0.15, 0.2) is 12.5 Å². The number of ether oxygens (including phenoxy) is 1. The smallest absolute Gasteiger partial charge is 0.0951 e. The van der Waals surface area contributed by atoms with E-state index in [1.807, 2.05) is 12.5 Å². The monoisotopic (exact) mass is 279 g/mol. The maximum atomic E-state index is 5.83. The third-order valence-corrected chi connectivity index (χ3v) is 4.38. The van der Waals surface area contributed by atoms with Crippen molar-refractivity contribution in [3.63, 3.8) is 0 Å². The molecule has 0 aliphatic heterocycles. The van der Waals surface area contributed by atoms with Crippen LogP contribution in [0.2, 0.25) is 0 Å². The van der Waals surface area contributed by atoms with Gasteiger partial charge in [-0.1, -0.05) is 13.8 Å².